The summed E-state index contributed by atoms with van der Waals surface area (Å²) >= 11 is 0. The molecular formula is C13H14N2O. The molecule has 2 rings (SSSR count). The second kappa shape index (κ2) is 4.00. The standard InChI is InChI=1S/C13H14N2O/c1-8-4-5-11(6-12(8)16)13-10(3)14-7-9(2)15-13/h4-8H,1-3H3. The second-order valence-corrected chi connectivity index (χ2v) is 4.10. The number of rotatable bonds is 1. The number of ketones is 1. The number of hydrogen-bond donors (Lipinski definition) is 0. The molecule has 1 heterocycles. The van der Waals surface area contributed by atoms with E-state index < -0.39 is 0 Å². The van der Waals surface area contributed by atoms with Crippen LogP contribution in [0.25, 0.3) is 5.57 Å². The Labute approximate surface area is 94.9 Å². The molecule has 0 spiro atoms. The number of nitrogens with zero attached hydrogens (tertiary/aromatic N) is 2. The molecule has 3 nitrogen and oxygen atoms in total. The Balaban J connectivity index is 2.46. The van der Waals surface area contributed by atoms with Gasteiger partial charge in [0.1, 0.15) is 0 Å². The van der Waals surface area contributed by atoms with Crippen LogP contribution in [0, 0.1) is 19.8 Å². The minimum absolute atomic E-state index is 0.0261. The van der Waals surface area contributed by atoms with Gasteiger partial charge in [-0.15, -0.1) is 0 Å². The van der Waals surface area contributed by atoms with Gasteiger partial charge in [-0.05, 0) is 19.9 Å². The minimum atomic E-state index is -0.0261. The summed E-state index contributed by atoms with van der Waals surface area (Å²) in [6, 6.07) is 0. The molecule has 1 aliphatic carbocycles. The molecule has 3 heteroatoms. The van der Waals surface area contributed by atoms with Crippen LogP contribution in [0.15, 0.2) is 24.4 Å². The van der Waals surface area contributed by atoms with Crippen molar-refractivity contribution < 1.29 is 4.79 Å². The molecule has 1 aromatic heterocycles. The molecule has 0 aromatic carbocycles. The molecule has 1 unspecified atom stereocenters. The normalized spacial score (nSPS) is 19.8. The van der Waals surface area contributed by atoms with Crippen molar-refractivity contribution in [2.75, 3.05) is 0 Å². The maximum Gasteiger partial charge on any atom is 0.162 e. The molecular weight excluding hydrogens is 200 g/mol. The van der Waals surface area contributed by atoms with Crippen molar-refractivity contribution >= 4 is 11.4 Å². The molecule has 0 aliphatic heterocycles. The maximum atomic E-state index is 11.6. The van der Waals surface area contributed by atoms with Crippen LogP contribution in [-0.4, -0.2) is 15.8 Å². The van der Waals surface area contributed by atoms with Crippen molar-refractivity contribution in [1.29, 1.82) is 0 Å². The second-order valence-electron chi connectivity index (χ2n) is 4.10. The summed E-state index contributed by atoms with van der Waals surface area (Å²) in [6.45, 7) is 5.69. The highest BCUT2D eigenvalue weighted by Crippen LogP contribution is 2.22. The summed E-state index contributed by atoms with van der Waals surface area (Å²) in [5.74, 6) is 0.0991. The summed E-state index contributed by atoms with van der Waals surface area (Å²) in [5, 5.41) is 0. The van der Waals surface area contributed by atoms with Crippen LogP contribution in [-0.2, 0) is 4.79 Å². The zero-order valence-electron chi connectivity index (χ0n) is 9.69. The Bertz CT molecular complexity index is 501. The van der Waals surface area contributed by atoms with Crippen molar-refractivity contribution in [1.82, 2.24) is 9.97 Å². The van der Waals surface area contributed by atoms with Gasteiger partial charge >= 0.3 is 0 Å². The van der Waals surface area contributed by atoms with E-state index in [1.165, 1.54) is 0 Å². The largest absolute Gasteiger partial charge is 0.294 e. The van der Waals surface area contributed by atoms with Crippen molar-refractivity contribution in [2.24, 2.45) is 5.92 Å². The molecule has 1 aromatic rings. The topological polar surface area (TPSA) is 42.9 Å². The predicted molar refractivity (Wildman–Crippen MR) is 62.8 cm³/mol. The average Bonchev–Trinajstić information content (AvgIpc) is 2.26. The Morgan fingerprint density at radius 2 is 2.06 bits per heavy atom. The summed E-state index contributed by atoms with van der Waals surface area (Å²) in [6.07, 6.45) is 7.24. The van der Waals surface area contributed by atoms with Gasteiger partial charge in [0.05, 0.1) is 17.1 Å². The van der Waals surface area contributed by atoms with Gasteiger partial charge in [0.2, 0.25) is 0 Å². The maximum absolute atomic E-state index is 11.6. The summed E-state index contributed by atoms with van der Waals surface area (Å²) in [7, 11) is 0. The van der Waals surface area contributed by atoms with Gasteiger partial charge < -0.3 is 0 Å². The molecule has 16 heavy (non-hydrogen) atoms. The van der Waals surface area contributed by atoms with Crippen molar-refractivity contribution in [3.05, 3.63) is 41.5 Å². The van der Waals surface area contributed by atoms with Crippen molar-refractivity contribution in [2.45, 2.75) is 20.8 Å². The monoisotopic (exact) mass is 214 g/mol. The zero-order valence-corrected chi connectivity index (χ0v) is 9.69. The molecule has 0 bridgehead atoms. The fraction of sp³-hybridized carbons (Fsp3) is 0.308. The van der Waals surface area contributed by atoms with Crippen LogP contribution in [0.1, 0.15) is 24.0 Å². The highest BCUT2D eigenvalue weighted by Gasteiger charge is 2.15. The third kappa shape index (κ3) is 1.94. The lowest BCUT2D eigenvalue weighted by Crippen LogP contribution is -2.10. The van der Waals surface area contributed by atoms with Gasteiger partial charge in [0.25, 0.3) is 0 Å². The Kier molecular flexibility index (Phi) is 2.69. The third-order valence-corrected chi connectivity index (χ3v) is 2.66. The fourth-order valence-corrected chi connectivity index (χ4v) is 1.63. The van der Waals surface area contributed by atoms with E-state index in [2.05, 4.69) is 9.97 Å². The SMILES string of the molecule is Cc1cnc(C)c(C2=CC(=O)C(C)C=C2)n1. The zero-order chi connectivity index (χ0) is 11.7. The average molecular weight is 214 g/mol. The molecule has 1 atom stereocenters. The molecule has 82 valence electrons. The van der Waals surface area contributed by atoms with Gasteiger partial charge in [-0.2, -0.15) is 0 Å². The first-order valence-corrected chi connectivity index (χ1v) is 5.32. The van der Waals surface area contributed by atoms with E-state index >= 15 is 0 Å². The molecule has 0 saturated carbocycles. The van der Waals surface area contributed by atoms with E-state index in [1.54, 1.807) is 12.3 Å². The fourth-order valence-electron chi connectivity index (χ4n) is 1.63. The summed E-state index contributed by atoms with van der Waals surface area (Å²) in [5.41, 5.74) is 3.37. The minimum Gasteiger partial charge on any atom is -0.294 e. The summed E-state index contributed by atoms with van der Waals surface area (Å²) in [4.78, 5) is 20.3. The lowest BCUT2D eigenvalue weighted by atomic mass is 9.95. The molecule has 0 fully saturated rings. The Morgan fingerprint density at radius 3 is 2.75 bits per heavy atom. The quantitative estimate of drug-likeness (QED) is 0.720. The van der Waals surface area contributed by atoms with Crippen molar-refractivity contribution in [3.63, 3.8) is 0 Å². The van der Waals surface area contributed by atoms with Gasteiger partial charge in [-0.25, -0.2) is 4.98 Å². The number of hydrogen-bond acceptors (Lipinski definition) is 3. The van der Waals surface area contributed by atoms with E-state index in [4.69, 9.17) is 0 Å². The number of aromatic nitrogens is 2. The summed E-state index contributed by atoms with van der Waals surface area (Å²) < 4.78 is 0. The van der Waals surface area contributed by atoms with E-state index in [1.807, 2.05) is 32.9 Å². The van der Waals surface area contributed by atoms with Crippen LogP contribution in [0.3, 0.4) is 0 Å². The van der Waals surface area contributed by atoms with E-state index in [-0.39, 0.29) is 11.7 Å². The first kappa shape index (κ1) is 10.7. The highest BCUT2D eigenvalue weighted by atomic mass is 16.1. The Hall–Kier alpha value is -1.77. The molecule has 1 aliphatic rings. The van der Waals surface area contributed by atoms with E-state index in [9.17, 15) is 4.79 Å². The van der Waals surface area contributed by atoms with Gasteiger partial charge in [0, 0.05) is 17.7 Å². The first-order chi connectivity index (χ1) is 7.58. The van der Waals surface area contributed by atoms with Gasteiger partial charge in [-0.1, -0.05) is 19.1 Å². The molecule has 0 saturated heterocycles. The molecule has 0 N–H and O–H groups in total. The highest BCUT2D eigenvalue weighted by molar-refractivity contribution is 6.02. The van der Waals surface area contributed by atoms with Crippen LogP contribution in [0.2, 0.25) is 0 Å². The van der Waals surface area contributed by atoms with Crippen LogP contribution in [0.5, 0.6) is 0 Å². The van der Waals surface area contributed by atoms with E-state index in [0.29, 0.717) is 0 Å². The third-order valence-electron chi connectivity index (χ3n) is 2.66. The first-order valence-electron chi connectivity index (χ1n) is 5.32. The van der Waals surface area contributed by atoms with E-state index in [0.717, 1.165) is 22.7 Å². The van der Waals surface area contributed by atoms with Crippen LogP contribution < -0.4 is 0 Å². The number of carbonyl (C=O) groups is 1. The van der Waals surface area contributed by atoms with Crippen molar-refractivity contribution in [3.8, 4) is 0 Å². The van der Waals surface area contributed by atoms with Crippen LogP contribution >= 0.6 is 0 Å². The molecule has 0 radical (unpaired) electrons. The van der Waals surface area contributed by atoms with Crippen LogP contribution in [0.4, 0.5) is 0 Å². The van der Waals surface area contributed by atoms with Gasteiger partial charge in [0.15, 0.2) is 5.78 Å². The lowest BCUT2D eigenvalue weighted by molar-refractivity contribution is -0.116. The lowest BCUT2D eigenvalue weighted by Gasteiger charge is -2.12. The number of aryl methyl sites for hydroxylation is 2. The predicted octanol–water partition coefficient (Wildman–Crippen LogP) is 2.25. The Morgan fingerprint density at radius 1 is 1.31 bits per heavy atom. The van der Waals surface area contributed by atoms with Gasteiger partial charge in [-0.3, -0.25) is 9.78 Å². The number of allylic oxidation sites excluding steroid dienone is 4. The smallest absolute Gasteiger partial charge is 0.162 e. The molecule has 0 amide bonds. The number of carbonyl (C=O) groups excluding carboxylic acids is 1.